The molecule has 2 rings (SSSR count). The summed E-state index contributed by atoms with van der Waals surface area (Å²) < 4.78 is 0. The lowest BCUT2D eigenvalue weighted by Gasteiger charge is -2.14. The monoisotopic (exact) mass is 324 g/mol. The van der Waals surface area contributed by atoms with Crippen LogP contribution in [0.5, 0.6) is 0 Å². The zero-order chi connectivity index (χ0) is 17.7. The normalized spacial score (nSPS) is 10.3. The minimum Gasteiger partial charge on any atom is -0.326 e. The number of amides is 2. The lowest BCUT2D eigenvalue weighted by Crippen LogP contribution is -2.08. The van der Waals surface area contributed by atoms with Gasteiger partial charge in [0, 0.05) is 25.2 Å². The van der Waals surface area contributed by atoms with E-state index in [1.807, 2.05) is 24.3 Å². The van der Waals surface area contributed by atoms with Gasteiger partial charge in [0.05, 0.1) is 0 Å². The molecule has 0 aliphatic carbocycles. The fraction of sp³-hybridized carbons (Fsp3) is 0.300. The molecule has 0 aliphatic heterocycles. The van der Waals surface area contributed by atoms with Gasteiger partial charge >= 0.3 is 0 Å². The zero-order valence-corrected chi connectivity index (χ0v) is 14.7. The first-order valence-electron chi connectivity index (χ1n) is 8.26. The Kier molecular flexibility index (Phi) is 5.74. The van der Waals surface area contributed by atoms with Crippen LogP contribution in [-0.4, -0.2) is 11.8 Å². The van der Waals surface area contributed by atoms with E-state index < -0.39 is 0 Å². The Hall–Kier alpha value is -2.62. The molecule has 2 amide bonds. The summed E-state index contributed by atoms with van der Waals surface area (Å²) in [5.41, 5.74) is 6.13. The Morgan fingerprint density at radius 1 is 0.750 bits per heavy atom. The molecule has 0 unspecified atom stereocenters. The summed E-state index contributed by atoms with van der Waals surface area (Å²) in [5.74, 6) is -0.129. The number of nitrogens with one attached hydrogen (secondary N) is 2. The van der Waals surface area contributed by atoms with Crippen LogP contribution in [0.2, 0.25) is 0 Å². The van der Waals surface area contributed by atoms with Crippen molar-refractivity contribution in [1.82, 2.24) is 0 Å². The SMILES string of the molecule is CCc1cc(-c2ccc(NC(C)=O)c(CC)c2)ccc1NC(C)=O. The summed E-state index contributed by atoms with van der Waals surface area (Å²) in [6, 6.07) is 12.1. The Morgan fingerprint density at radius 2 is 1.12 bits per heavy atom. The van der Waals surface area contributed by atoms with E-state index in [4.69, 9.17) is 0 Å². The molecule has 4 heteroatoms. The molecule has 24 heavy (non-hydrogen) atoms. The highest BCUT2D eigenvalue weighted by molar-refractivity contribution is 5.91. The number of benzene rings is 2. The van der Waals surface area contributed by atoms with Gasteiger partial charge in [-0.25, -0.2) is 0 Å². The molecule has 0 spiro atoms. The second-order valence-corrected chi connectivity index (χ2v) is 5.81. The van der Waals surface area contributed by atoms with Crippen molar-refractivity contribution in [1.29, 1.82) is 0 Å². The number of hydrogen-bond donors (Lipinski definition) is 2. The van der Waals surface area contributed by atoms with Gasteiger partial charge in [-0.1, -0.05) is 26.0 Å². The molecular weight excluding hydrogens is 300 g/mol. The molecule has 4 nitrogen and oxygen atoms in total. The van der Waals surface area contributed by atoms with Crippen molar-refractivity contribution in [2.24, 2.45) is 0 Å². The van der Waals surface area contributed by atoms with Crippen LogP contribution >= 0.6 is 0 Å². The summed E-state index contributed by atoms with van der Waals surface area (Å²) in [7, 11) is 0. The maximum atomic E-state index is 11.3. The molecule has 2 aromatic rings. The van der Waals surface area contributed by atoms with E-state index in [2.05, 4.69) is 36.6 Å². The topological polar surface area (TPSA) is 58.2 Å². The van der Waals surface area contributed by atoms with Gasteiger partial charge in [-0.2, -0.15) is 0 Å². The molecule has 0 aromatic heterocycles. The molecular formula is C20H24N2O2. The summed E-state index contributed by atoms with van der Waals surface area (Å²) >= 11 is 0. The molecule has 0 bridgehead atoms. The first-order chi connectivity index (χ1) is 11.4. The fourth-order valence-corrected chi connectivity index (χ4v) is 2.75. The molecule has 126 valence electrons. The predicted octanol–water partition coefficient (Wildman–Crippen LogP) is 4.40. The van der Waals surface area contributed by atoms with E-state index >= 15 is 0 Å². The van der Waals surface area contributed by atoms with Crippen molar-refractivity contribution in [3.63, 3.8) is 0 Å². The Bertz CT molecular complexity index is 701. The van der Waals surface area contributed by atoms with Crippen molar-refractivity contribution in [3.8, 4) is 11.1 Å². The van der Waals surface area contributed by atoms with E-state index in [9.17, 15) is 9.59 Å². The molecule has 0 heterocycles. The van der Waals surface area contributed by atoms with Gasteiger partial charge < -0.3 is 10.6 Å². The van der Waals surface area contributed by atoms with Crippen molar-refractivity contribution in [3.05, 3.63) is 47.5 Å². The van der Waals surface area contributed by atoms with Gasteiger partial charge in [0.1, 0.15) is 0 Å². The zero-order valence-electron chi connectivity index (χ0n) is 14.7. The molecule has 2 N–H and O–H groups in total. The molecule has 0 saturated carbocycles. The van der Waals surface area contributed by atoms with Gasteiger partial charge in [0.15, 0.2) is 0 Å². The van der Waals surface area contributed by atoms with Crippen LogP contribution in [0.25, 0.3) is 11.1 Å². The third-order valence-corrected chi connectivity index (χ3v) is 3.93. The van der Waals surface area contributed by atoms with E-state index in [1.165, 1.54) is 13.8 Å². The summed E-state index contributed by atoms with van der Waals surface area (Å²) in [6.07, 6.45) is 1.68. The second-order valence-electron chi connectivity index (χ2n) is 5.81. The van der Waals surface area contributed by atoms with Gasteiger partial charge in [-0.3, -0.25) is 9.59 Å². The van der Waals surface area contributed by atoms with E-state index in [1.54, 1.807) is 0 Å². The average Bonchev–Trinajstić information content (AvgIpc) is 2.54. The minimum atomic E-state index is -0.0645. The van der Waals surface area contributed by atoms with Crippen molar-refractivity contribution < 1.29 is 9.59 Å². The first-order valence-corrected chi connectivity index (χ1v) is 8.26. The predicted molar refractivity (Wildman–Crippen MR) is 99.2 cm³/mol. The van der Waals surface area contributed by atoms with Crippen LogP contribution in [0.4, 0.5) is 11.4 Å². The van der Waals surface area contributed by atoms with Crippen LogP contribution in [0.3, 0.4) is 0 Å². The minimum absolute atomic E-state index is 0.0645. The summed E-state index contributed by atoms with van der Waals surface area (Å²) in [6.45, 7) is 7.17. The highest BCUT2D eigenvalue weighted by atomic mass is 16.2. The van der Waals surface area contributed by atoms with E-state index in [0.29, 0.717) is 0 Å². The standard InChI is InChI=1S/C20H24N2O2/c1-5-15-11-17(7-9-19(15)21-13(3)23)18-8-10-20(22-14(4)24)16(6-2)12-18/h7-12H,5-6H2,1-4H3,(H,21,23)(H,22,24). The fourth-order valence-electron chi connectivity index (χ4n) is 2.75. The van der Waals surface area contributed by atoms with Crippen LogP contribution in [0, 0.1) is 0 Å². The molecule has 0 aliphatic rings. The average molecular weight is 324 g/mol. The summed E-state index contributed by atoms with van der Waals surface area (Å²) in [4.78, 5) is 22.6. The Morgan fingerprint density at radius 3 is 1.42 bits per heavy atom. The summed E-state index contributed by atoms with van der Waals surface area (Å²) in [5, 5.41) is 5.74. The van der Waals surface area contributed by atoms with Crippen molar-refractivity contribution >= 4 is 23.2 Å². The largest absolute Gasteiger partial charge is 0.326 e. The number of anilines is 2. The second kappa shape index (κ2) is 7.77. The van der Waals surface area contributed by atoms with E-state index in [-0.39, 0.29) is 11.8 Å². The first kappa shape index (κ1) is 17.7. The number of carbonyl (C=O) groups is 2. The third-order valence-electron chi connectivity index (χ3n) is 3.93. The van der Waals surface area contributed by atoms with Crippen molar-refractivity contribution in [2.45, 2.75) is 40.5 Å². The van der Waals surface area contributed by atoms with Crippen LogP contribution in [0.1, 0.15) is 38.8 Å². The van der Waals surface area contributed by atoms with Gasteiger partial charge in [0.25, 0.3) is 0 Å². The molecule has 0 saturated heterocycles. The smallest absolute Gasteiger partial charge is 0.221 e. The molecule has 0 fully saturated rings. The molecule has 0 atom stereocenters. The number of aryl methyl sites for hydroxylation is 2. The lowest BCUT2D eigenvalue weighted by molar-refractivity contribution is -0.115. The van der Waals surface area contributed by atoms with E-state index in [0.717, 1.165) is 46.5 Å². The number of rotatable bonds is 5. The lowest BCUT2D eigenvalue weighted by atomic mass is 9.97. The Balaban J connectivity index is 2.40. The van der Waals surface area contributed by atoms with Crippen LogP contribution in [0.15, 0.2) is 36.4 Å². The van der Waals surface area contributed by atoms with Gasteiger partial charge in [-0.15, -0.1) is 0 Å². The molecule has 0 radical (unpaired) electrons. The third kappa shape index (κ3) is 4.22. The highest BCUT2D eigenvalue weighted by Gasteiger charge is 2.08. The van der Waals surface area contributed by atoms with Crippen molar-refractivity contribution in [2.75, 3.05) is 10.6 Å². The Labute approximate surface area is 143 Å². The quantitative estimate of drug-likeness (QED) is 0.856. The van der Waals surface area contributed by atoms with Crippen LogP contribution in [-0.2, 0) is 22.4 Å². The maximum Gasteiger partial charge on any atom is 0.221 e. The highest BCUT2D eigenvalue weighted by Crippen LogP contribution is 2.29. The van der Waals surface area contributed by atoms with Gasteiger partial charge in [0.2, 0.25) is 11.8 Å². The van der Waals surface area contributed by atoms with Crippen LogP contribution < -0.4 is 10.6 Å². The molecule has 2 aromatic carbocycles. The van der Waals surface area contributed by atoms with Gasteiger partial charge in [-0.05, 0) is 59.4 Å². The number of hydrogen-bond acceptors (Lipinski definition) is 2. The maximum absolute atomic E-state index is 11.3. The number of carbonyl (C=O) groups excluding carboxylic acids is 2.